The van der Waals surface area contributed by atoms with E-state index in [1.165, 1.54) is 17.7 Å². The van der Waals surface area contributed by atoms with Gasteiger partial charge < -0.3 is 10.6 Å². The Morgan fingerprint density at radius 1 is 1.00 bits per heavy atom. The van der Waals surface area contributed by atoms with Crippen molar-refractivity contribution in [3.63, 3.8) is 0 Å². The summed E-state index contributed by atoms with van der Waals surface area (Å²) < 4.78 is 13.3. The smallest absolute Gasteiger partial charge is 0.259 e. The molecule has 126 valence electrons. The van der Waals surface area contributed by atoms with Crippen LogP contribution >= 0.6 is 0 Å². The van der Waals surface area contributed by atoms with Crippen LogP contribution in [0.2, 0.25) is 0 Å². The predicted molar refractivity (Wildman–Crippen MR) is 97.2 cm³/mol. The van der Waals surface area contributed by atoms with E-state index < -0.39 is 5.82 Å². The molecule has 1 aromatic heterocycles. The highest BCUT2D eigenvalue weighted by molar-refractivity contribution is 6.07. The van der Waals surface area contributed by atoms with E-state index in [1.807, 2.05) is 18.2 Å². The maximum Gasteiger partial charge on any atom is 0.259 e. The van der Waals surface area contributed by atoms with Gasteiger partial charge in [-0.3, -0.25) is 4.79 Å². The molecule has 0 saturated heterocycles. The average molecular weight is 335 g/mol. The Balaban J connectivity index is 1.66. The molecule has 0 atom stereocenters. The van der Waals surface area contributed by atoms with Crippen LogP contribution in [-0.2, 0) is 6.42 Å². The van der Waals surface area contributed by atoms with E-state index >= 15 is 0 Å². The molecule has 0 unspecified atom stereocenters. The number of carbonyl (C=O) groups is 1. The second-order valence-corrected chi connectivity index (χ2v) is 5.53. The Morgan fingerprint density at radius 3 is 2.64 bits per heavy atom. The summed E-state index contributed by atoms with van der Waals surface area (Å²) in [7, 11) is 0. The molecule has 25 heavy (non-hydrogen) atoms. The van der Waals surface area contributed by atoms with Crippen molar-refractivity contribution in [3.8, 4) is 0 Å². The number of pyridine rings is 1. The average Bonchev–Trinajstić information content (AvgIpc) is 2.63. The number of hydrogen-bond donors (Lipinski definition) is 2. The maximum absolute atomic E-state index is 13.3. The summed E-state index contributed by atoms with van der Waals surface area (Å²) in [5.41, 5.74) is 2.03. The van der Waals surface area contributed by atoms with Crippen LogP contribution < -0.4 is 10.6 Å². The van der Waals surface area contributed by atoms with Crippen molar-refractivity contribution in [2.75, 3.05) is 17.2 Å². The molecule has 4 nitrogen and oxygen atoms in total. The number of anilines is 2. The number of halogens is 1. The summed E-state index contributed by atoms with van der Waals surface area (Å²) in [6.45, 7) is 0.654. The van der Waals surface area contributed by atoms with Crippen molar-refractivity contribution in [1.82, 2.24) is 4.98 Å². The van der Waals surface area contributed by atoms with Gasteiger partial charge in [0.05, 0.1) is 5.56 Å². The van der Waals surface area contributed by atoms with Crippen molar-refractivity contribution >= 4 is 17.4 Å². The van der Waals surface area contributed by atoms with Gasteiger partial charge in [-0.05, 0) is 42.3 Å². The molecule has 0 spiro atoms. The standard InChI is InChI=1S/C20H18FN3O/c21-16-8-4-9-17(14-16)24-20(25)18-10-5-12-22-19(18)23-13-11-15-6-2-1-3-7-15/h1-10,12,14H,11,13H2,(H,22,23)(H,24,25). The topological polar surface area (TPSA) is 54.0 Å². The summed E-state index contributed by atoms with van der Waals surface area (Å²) in [6.07, 6.45) is 2.45. The fourth-order valence-corrected chi connectivity index (χ4v) is 2.46. The number of benzene rings is 2. The van der Waals surface area contributed by atoms with Gasteiger partial charge in [-0.15, -0.1) is 0 Å². The van der Waals surface area contributed by atoms with Crippen LogP contribution in [0.1, 0.15) is 15.9 Å². The molecule has 0 aliphatic rings. The monoisotopic (exact) mass is 335 g/mol. The summed E-state index contributed by atoms with van der Waals surface area (Å²) in [5.74, 6) is -0.224. The van der Waals surface area contributed by atoms with Gasteiger partial charge in [0.2, 0.25) is 0 Å². The fourth-order valence-electron chi connectivity index (χ4n) is 2.46. The molecule has 0 saturated carbocycles. The first-order valence-corrected chi connectivity index (χ1v) is 8.02. The van der Waals surface area contributed by atoms with Crippen LogP contribution in [0, 0.1) is 5.82 Å². The first-order chi connectivity index (χ1) is 12.2. The van der Waals surface area contributed by atoms with E-state index in [1.54, 1.807) is 30.5 Å². The molecular formula is C20H18FN3O. The molecule has 0 radical (unpaired) electrons. The van der Waals surface area contributed by atoms with Gasteiger partial charge in [0.25, 0.3) is 5.91 Å². The van der Waals surface area contributed by atoms with Crippen LogP contribution in [0.3, 0.4) is 0 Å². The van der Waals surface area contributed by atoms with E-state index in [9.17, 15) is 9.18 Å². The van der Waals surface area contributed by atoms with Gasteiger partial charge >= 0.3 is 0 Å². The number of hydrogen-bond acceptors (Lipinski definition) is 3. The second-order valence-electron chi connectivity index (χ2n) is 5.53. The summed E-state index contributed by atoms with van der Waals surface area (Å²) in [6, 6.07) is 19.2. The van der Waals surface area contributed by atoms with Gasteiger partial charge in [0.1, 0.15) is 11.6 Å². The van der Waals surface area contributed by atoms with Crippen LogP contribution in [0.4, 0.5) is 15.9 Å². The fraction of sp³-hybridized carbons (Fsp3) is 0.100. The van der Waals surface area contributed by atoms with E-state index in [0.717, 1.165) is 6.42 Å². The van der Waals surface area contributed by atoms with E-state index in [-0.39, 0.29) is 5.91 Å². The van der Waals surface area contributed by atoms with Gasteiger partial charge in [0.15, 0.2) is 0 Å². The summed E-state index contributed by atoms with van der Waals surface area (Å²) in [5, 5.41) is 5.88. The van der Waals surface area contributed by atoms with Crippen molar-refractivity contribution in [2.45, 2.75) is 6.42 Å². The lowest BCUT2D eigenvalue weighted by atomic mass is 10.1. The third-order valence-corrected chi connectivity index (χ3v) is 3.68. The largest absolute Gasteiger partial charge is 0.369 e. The number of nitrogens with one attached hydrogen (secondary N) is 2. The van der Waals surface area contributed by atoms with Crippen LogP contribution in [0.25, 0.3) is 0 Å². The molecule has 3 rings (SSSR count). The first kappa shape index (κ1) is 16.6. The SMILES string of the molecule is O=C(Nc1cccc(F)c1)c1cccnc1NCCc1ccccc1. The van der Waals surface area contributed by atoms with Crippen molar-refractivity contribution in [3.05, 3.63) is 89.9 Å². The normalized spacial score (nSPS) is 10.3. The molecule has 0 aliphatic carbocycles. The molecule has 1 heterocycles. The predicted octanol–water partition coefficient (Wildman–Crippen LogP) is 4.13. The zero-order chi connectivity index (χ0) is 17.5. The minimum absolute atomic E-state index is 0.332. The Labute approximate surface area is 145 Å². The molecule has 3 aromatic rings. The Hall–Kier alpha value is -3.21. The van der Waals surface area contributed by atoms with Crippen molar-refractivity contribution in [2.24, 2.45) is 0 Å². The van der Waals surface area contributed by atoms with Crippen LogP contribution in [-0.4, -0.2) is 17.4 Å². The minimum atomic E-state index is -0.398. The highest BCUT2D eigenvalue weighted by atomic mass is 19.1. The van der Waals surface area contributed by atoms with Gasteiger partial charge in [-0.25, -0.2) is 9.37 Å². The number of nitrogens with zero attached hydrogens (tertiary/aromatic N) is 1. The van der Waals surface area contributed by atoms with Crippen LogP contribution in [0.15, 0.2) is 72.9 Å². The second kappa shape index (κ2) is 8.06. The molecular weight excluding hydrogens is 317 g/mol. The van der Waals surface area contributed by atoms with E-state index in [4.69, 9.17) is 0 Å². The highest BCUT2D eigenvalue weighted by Gasteiger charge is 2.12. The maximum atomic E-state index is 13.3. The Bertz CT molecular complexity index is 852. The van der Waals surface area contributed by atoms with E-state index in [0.29, 0.717) is 23.6 Å². The molecule has 0 aliphatic heterocycles. The molecule has 0 bridgehead atoms. The molecule has 2 N–H and O–H groups in total. The molecule has 2 aromatic carbocycles. The number of rotatable bonds is 6. The quantitative estimate of drug-likeness (QED) is 0.712. The lowest BCUT2D eigenvalue weighted by molar-refractivity contribution is 0.102. The summed E-state index contributed by atoms with van der Waals surface area (Å²) >= 11 is 0. The number of amides is 1. The van der Waals surface area contributed by atoms with Crippen molar-refractivity contribution < 1.29 is 9.18 Å². The minimum Gasteiger partial charge on any atom is -0.369 e. The molecule has 1 amide bonds. The highest BCUT2D eigenvalue weighted by Crippen LogP contribution is 2.16. The third kappa shape index (κ3) is 4.64. The Kier molecular flexibility index (Phi) is 5.36. The lowest BCUT2D eigenvalue weighted by Gasteiger charge is -2.11. The molecule has 5 heteroatoms. The van der Waals surface area contributed by atoms with Crippen molar-refractivity contribution in [1.29, 1.82) is 0 Å². The zero-order valence-corrected chi connectivity index (χ0v) is 13.6. The van der Waals surface area contributed by atoms with Gasteiger partial charge in [-0.2, -0.15) is 0 Å². The number of aromatic nitrogens is 1. The number of carbonyl (C=O) groups excluding carboxylic acids is 1. The van der Waals surface area contributed by atoms with E-state index in [2.05, 4.69) is 27.8 Å². The van der Waals surface area contributed by atoms with Gasteiger partial charge in [0, 0.05) is 18.4 Å². The molecule has 0 fully saturated rings. The van der Waals surface area contributed by atoms with Gasteiger partial charge in [-0.1, -0.05) is 36.4 Å². The summed E-state index contributed by atoms with van der Waals surface area (Å²) in [4.78, 5) is 16.7. The van der Waals surface area contributed by atoms with Crippen LogP contribution in [0.5, 0.6) is 0 Å². The third-order valence-electron chi connectivity index (χ3n) is 3.68. The first-order valence-electron chi connectivity index (χ1n) is 8.02. The zero-order valence-electron chi connectivity index (χ0n) is 13.6. The Morgan fingerprint density at radius 2 is 1.84 bits per heavy atom. The lowest BCUT2D eigenvalue weighted by Crippen LogP contribution is -2.16.